The normalized spacial score (nSPS) is 21.9. The summed E-state index contributed by atoms with van der Waals surface area (Å²) in [5.41, 5.74) is 6.17. The van der Waals surface area contributed by atoms with E-state index in [2.05, 4.69) is 37.9 Å². The van der Waals surface area contributed by atoms with Crippen LogP contribution in [0.1, 0.15) is 40.5 Å². The SMILES string of the molecule is CC(C)CNC1(CN)CCN(C(C)C)CC1. The van der Waals surface area contributed by atoms with Crippen molar-refractivity contribution in [2.75, 3.05) is 26.2 Å². The number of hydrogen-bond acceptors (Lipinski definition) is 3. The van der Waals surface area contributed by atoms with Gasteiger partial charge in [0.15, 0.2) is 0 Å². The van der Waals surface area contributed by atoms with Crippen LogP contribution in [0.25, 0.3) is 0 Å². The molecule has 0 saturated carbocycles. The second-order valence-corrected chi connectivity index (χ2v) is 5.89. The van der Waals surface area contributed by atoms with E-state index in [4.69, 9.17) is 5.73 Å². The van der Waals surface area contributed by atoms with Crippen molar-refractivity contribution < 1.29 is 0 Å². The van der Waals surface area contributed by atoms with Crippen molar-refractivity contribution in [3.63, 3.8) is 0 Å². The van der Waals surface area contributed by atoms with Crippen molar-refractivity contribution in [2.24, 2.45) is 11.7 Å². The molecule has 1 aliphatic rings. The molecule has 96 valence electrons. The number of rotatable bonds is 5. The molecule has 0 spiro atoms. The fourth-order valence-corrected chi connectivity index (χ4v) is 2.34. The Balaban J connectivity index is 2.45. The van der Waals surface area contributed by atoms with Crippen LogP contribution in [0.5, 0.6) is 0 Å². The molecule has 3 nitrogen and oxygen atoms in total. The largest absolute Gasteiger partial charge is 0.329 e. The molecular weight excluding hydrogens is 198 g/mol. The van der Waals surface area contributed by atoms with E-state index in [9.17, 15) is 0 Å². The average Bonchev–Trinajstić information content (AvgIpc) is 2.27. The molecule has 0 aliphatic carbocycles. The van der Waals surface area contributed by atoms with Gasteiger partial charge in [0.05, 0.1) is 0 Å². The van der Waals surface area contributed by atoms with Crippen LogP contribution in [0.3, 0.4) is 0 Å². The lowest BCUT2D eigenvalue weighted by molar-refractivity contribution is 0.112. The Bertz CT molecular complexity index is 193. The molecule has 0 atom stereocenters. The van der Waals surface area contributed by atoms with E-state index in [1.165, 1.54) is 25.9 Å². The molecule has 0 aromatic rings. The van der Waals surface area contributed by atoms with Crippen LogP contribution < -0.4 is 11.1 Å². The van der Waals surface area contributed by atoms with Gasteiger partial charge in [-0.3, -0.25) is 0 Å². The molecule has 1 saturated heterocycles. The van der Waals surface area contributed by atoms with E-state index < -0.39 is 0 Å². The second-order valence-electron chi connectivity index (χ2n) is 5.89. The number of piperidine rings is 1. The zero-order valence-electron chi connectivity index (χ0n) is 11.4. The summed E-state index contributed by atoms with van der Waals surface area (Å²) in [5, 5.41) is 3.69. The molecule has 0 unspecified atom stereocenters. The van der Waals surface area contributed by atoms with Crippen molar-refractivity contribution in [3.8, 4) is 0 Å². The van der Waals surface area contributed by atoms with Crippen molar-refractivity contribution in [1.29, 1.82) is 0 Å². The van der Waals surface area contributed by atoms with E-state index in [0.29, 0.717) is 12.0 Å². The average molecular weight is 227 g/mol. The monoisotopic (exact) mass is 227 g/mol. The van der Waals surface area contributed by atoms with Gasteiger partial charge in [-0.25, -0.2) is 0 Å². The van der Waals surface area contributed by atoms with Gasteiger partial charge in [-0.05, 0) is 39.2 Å². The van der Waals surface area contributed by atoms with Gasteiger partial charge < -0.3 is 16.0 Å². The Kier molecular flexibility index (Phi) is 5.22. The van der Waals surface area contributed by atoms with E-state index in [1.54, 1.807) is 0 Å². The Morgan fingerprint density at radius 2 is 1.75 bits per heavy atom. The predicted octanol–water partition coefficient (Wildman–Crippen LogP) is 1.43. The van der Waals surface area contributed by atoms with Gasteiger partial charge in [0.2, 0.25) is 0 Å². The Morgan fingerprint density at radius 1 is 1.19 bits per heavy atom. The van der Waals surface area contributed by atoms with Crippen LogP contribution >= 0.6 is 0 Å². The highest BCUT2D eigenvalue weighted by Crippen LogP contribution is 2.22. The fraction of sp³-hybridized carbons (Fsp3) is 1.00. The third-order valence-corrected chi connectivity index (χ3v) is 3.76. The fourth-order valence-electron chi connectivity index (χ4n) is 2.34. The number of nitrogens with two attached hydrogens (primary N) is 1. The molecule has 16 heavy (non-hydrogen) atoms. The molecule has 1 aliphatic heterocycles. The lowest BCUT2D eigenvalue weighted by atomic mass is 9.86. The second kappa shape index (κ2) is 5.99. The lowest BCUT2D eigenvalue weighted by Gasteiger charge is -2.43. The summed E-state index contributed by atoms with van der Waals surface area (Å²) in [6, 6.07) is 0.667. The topological polar surface area (TPSA) is 41.3 Å². The van der Waals surface area contributed by atoms with Crippen LogP contribution in [0, 0.1) is 5.92 Å². The minimum Gasteiger partial charge on any atom is -0.329 e. The molecule has 3 heteroatoms. The van der Waals surface area contributed by atoms with E-state index in [-0.39, 0.29) is 5.54 Å². The molecule has 0 radical (unpaired) electrons. The Labute approximate surface area is 101 Å². The standard InChI is InChI=1S/C13H29N3/c1-11(2)9-15-13(10-14)5-7-16(8-6-13)12(3)4/h11-12,15H,5-10,14H2,1-4H3. The van der Waals surface area contributed by atoms with Crippen molar-refractivity contribution in [3.05, 3.63) is 0 Å². The summed E-state index contributed by atoms with van der Waals surface area (Å²) in [6.07, 6.45) is 2.38. The van der Waals surface area contributed by atoms with Gasteiger partial charge >= 0.3 is 0 Å². The van der Waals surface area contributed by atoms with Gasteiger partial charge in [-0.15, -0.1) is 0 Å². The zero-order valence-corrected chi connectivity index (χ0v) is 11.4. The van der Waals surface area contributed by atoms with Gasteiger partial charge in [-0.1, -0.05) is 13.8 Å². The zero-order chi connectivity index (χ0) is 12.2. The predicted molar refractivity (Wildman–Crippen MR) is 70.6 cm³/mol. The van der Waals surface area contributed by atoms with E-state index in [0.717, 1.165) is 13.1 Å². The van der Waals surface area contributed by atoms with Crippen molar-refractivity contribution in [2.45, 2.75) is 52.1 Å². The number of nitrogens with zero attached hydrogens (tertiary/aromatic N) is 1. The van der Waals surface area contributed by atoms with Crippen LogP contribution in [-0.4, -0.2) is 42.7 Å². The molecule has 0 aromatic heterocycles. The van der Waals surface area contributed by atoms with Crippen LogP contribution in [0.4, 0.5) is 0 Å². The summed E-state index contributed by atoms with van der Waals surface area (Å²) >= 11 is 0. The van der Waals surface area contributed by atoms with Crippen molar-refractivity contribution in [1.82, 2.24) is 10.2 Å². The summed E-state index contributed by atoms with van der Waals surface area (Å²) in [4.78, 5) is 2.55. The molecule has 0 aromatic carbocycles. The highest BCUT2D eigenvalue weighted by atomic mass is 15.2. The van der Waals surface area contributed by atoms with Gasteiger partial charge in [-0.2, -0.15) is 0 Å². The number of hydrogen-bond donors (Lipinski definition) is 2. The summed E-state index contributed by atoms with van der Waals surface area (Å²) in [7, 11) is 0. The minimum atomic E-state index is 0.204. The quantitative estimate of drug-likeness (QED) is 0.746. The van der Waals surface area contributed by atoms with Crippen molar-refractivity contribution >= 4 is 0 Å². The minimum absolute atomic E-state index is 0.204. The maximum Gasteiger partial charge on any atom is 0.0328 e. The van der Waals surface area contributed by atoms with E-state index >= 15 is 0 Å². The summed E-state index contributed by atoms with van der Waals surface area (Å²) in [5.74, 6) is 0.701. The molecule has 0 bridgehead atoms. The molecular formula is C13H29N3. The summed E-state index contributed by atoms with van der Waals surface area (Å²) < 4.78 is 0. The highest BCUT2D eigenvalue weighted by molar-refractivity contribution is 4.94. The van der Waals surface area contributed by atoms with Gasteiger partial charge in [0.25, 0.3) is 0 Å². The molecule has 0 amide bonds. The van der Waals surface area contributed by atoms with Crippen LogP contribution in [0.2, 0.25) is 0 Å². The van der Waals surface area contributed by atoms with E-state index in [1.807, 2.05) is 0 Å². The van der Waals surface area contributed by atoms with Gasteiger partial charge in [0, 0.05) is 31.2 Å². The summed E-state index contributed by atoms with van der Waals surface area (Å²) in [6.45, 7) is 13.3. The molecule has 1 heterocycles. The lowest BCUT2D eigenvalue weighted by Crippen LogP contribution is -2.59. The first-order chi connectivity index (χ1) is 7.49. The number of likely N-dealkylation sites (tertiary alicyclic amines) is 1. The first kappa shape index (κ1) is 13.9. The highest BCUT2D eigenvalue weighted by Gasteiger charge is 2.33. The third-order valence-electron chi connectivity index (χ3n) is 3.76. The molecule has 3 N–H and O–H groups in total. The van der Waals surface area contributed by atoms with Gasteiger partial charge in [0.1, 0.15) is 0 Å². The molecule has 1 rings (SSSR count). The first-order valence-corrected chi connectivity index (χ1v) is 6.68. The Morgan fingerprint density at radius 3 is 2.12 bits per heavy atom. The number of nitrogens with one attached hydrogen (secondary N) is 1. The smallest absolute Gasteiger partial charge is 0.0328 e. The first-order valence-electron chi connectivity index (χ1n) is 6.68. The molecule has 1 fully saturated rings. The third kappa shape index (κ3) is 3.72. The maximum atomic E-state index is 5.96. The van der Waals surface area contributed by atoms with Crippen LogP contribution in [0.15, 0.2) is 0 Å². The Hall–Kier alpha value is -0.120. The van der Waals surface area contributed by atoms with Crippen LogP contribution in [-0.2, 0) is 0 Å². The maximum absolute atomic E-state index is 5.96.